The van der Waals surface area contributed by atoms with Crippen LogP contribution >= 0.6 is 11.6 Å². The molecule has 1 N–H and O–H groups in total. The number of rotatable bonds is 3. The average molecular weight is 407 g/mol. The molecular weight excluding hydrogens is 384 g/mol. The molecule has 0 saturated carbocycles. The number of hydrogen-bond acceptors (Lipinski definition) is 5. The molecule has 0 unspecified atom stereocenters. The number of nitrogens with zero attached hydrogens (tertiary/aromatic N) is 5. The lowest BCUT2D eigenvalue weighted by molar-refractivity contribution is 0.437. The molecule has 0 bridgehead atoms. The van der Waals surface area contributed by atoms with E-state index in [1.165, 1.54) is 12.8 Å². The maximum absolute atomic E-state index is 6.41. The number of aryl methyl sites for hydroxylation is 1. The van der Waals surface area contributed by atoms with Crippen molar-refractivity contribution in [3.8, 4) is 0 Å². The van der Waals surface area contributed by atoms with Crippen LogP contribution in [-0.2, 0) is 0 Å². The Morgan fingerprint density at radius 2 is 1.93 bits per heavy atom. The van der Waals surface area contributed by atoms with E-state index in [4.69, 9.17) is 21.6 Å². The van der Waals surface area contributed by atoms with Crippen LogP contribution in [-0.4, -0.2) is 32.4 Å². The first-order valence-corrected chi connectivity index (χ1v) is 10.4. The summed E-state index contributed by atoms with van der Waals surface area (Å²) < 4.78 is 1.99. The molecule has 6 nitrogen and oxygen atoms in total. The SMILES string of the molecule is Cc1cccc(Cl)c1Nc1nc2ccc(N3CCC(C)CC3)nc2n2cncc12. The Balaban J connectivity index is 1.59. The van der Waals surface area contributed by atoms with E-state index in [1.807, 2.05) is 35.6 Å². The topological polar surface area (TPSA) is 58.4 Å². The van der Waals surface area contributed by atoms with E-state index < -0.39 is 0 Å². The van der Waals surface area contributed by atoms with Gasteiger partial charge in [0, 0.05) is 13.1 Å². The lowest BCUT2D eigenvalue weighted by Crippen LogP contribution is -2.33. The number of piperidine rings is 1. The van der Waals surface area contributed by atoms with Crippen LogP contribution in [0.4, 0.5) is 17.3 Å². The Kier molecular flexibility index (Phi) is 4.51. The van der Waals surface area contributed by atoms with Crippen molar-refractivity contribution in [2.75, 3.05) is 23.3 Å². The second kappa shape index (κ2) is 7.19. The van der Waals surface area contributed by atoms with Crippen molar-refractivity contribution in [2.24, 2.45) is 5.92 Å². The minimum atomic E-state index is 0.664. The third kappa shape index (κ3) is 3.27. The van der Waals surface area contributed by atoms with Gasteiger partial charge in [-0.3, -0.25) is 4.40 Å². The zero-order chi connectivity index (χ0) is 20.0. The molecule has 3 aromatic heterocycles. The first-order chi connectivity index (χ1) is 14.1. The second-order valence-electron chi connectivity index (χ2n) is 7.85. The van der Waals surface area contributed by atoms with E-state index in [9.17, 15) is 0 Å². The van der Waals surface area contributed by atoms with Crippen LogP contribution in [0.25, 0.3) is 16.7 Å². The Hall–Kier alpha value is -2.86. The summed E-state index contributed by atoms with van der Waals surface area (Å²) in [4.78, 5) is 16.5. The molecule has 0 spiro atoms. The summed E-state index contributed by atoms with van der Waals surface area (Å²) in [5, 5.41) is 4.07. The Morgan fingerprint density at radius 3 is 2.72 bits per heavy atom. The summed E-state index contributed by atoms with van der Waals surface area (Å²) in [6, 6.07) is 9.95. The minimum absolute atomic E-state index is 0.664. The number of benzene rings is 1. The van der Waals surface area contributed by atoms with Crippen LogP contribution in [0.2, 0.25) is 5.02 Å². The number of halogens is 1. The maximum Gasteiger partial charge on any atom is 0.166 e. The summed E-state index contributed by atoms with van der Waals surface area (Å²) in [5.74, 6) is 2.51. The van der Waals surface area contributed by atoms with Crippen LogP contribution in [0.5, 0.6) is 0 Å². The monoisotopic (exact) mass is 406 g/mol. The number of hydrogen-bond donors (Lipinski definition) is 1. The second-order valence-corrected chi connectivity index (χ2v) is 8.25. The van der Waals surface area contributed by atoms with Gasteiger partial charge in [0.15, 0.2) is 11.5 Å². The quantitative estimate of drug-likeness (QED) is 0.505. The lowest BCUT2D eigenvalue weighted by atomic mass is 9.99. The largest absolute Gasteiger partial charge is 0.357 e. The van der Waals surface area contributed by atoms with Gasteiger partial charge in [-0.05, 0) is 49.4 Å². The van der Waals surface area contributed by atoms with Gasteiger partial charge in [0.05, 0.1) is 16.9 Å². The van der Waals surface area contributed by atoms with E-state index in [0.29, 0.717) is 10.8 Å². The molecule has 1 aliphatic heterocycles. The van der Waals surface area contributed by atoms with Gasteiger partial charge >= 0.3 is 0 Å². The van der Waals surface area contributed by atoms with Gasteiger partial charge in [-0.1, -0.05) is 30.7 Å². The summed E-state index contributed by atoms with van der Waals surface area (Å²) in [5.41, 5.74) is 4.42. The van der Waals surface area contributed by atoms with Crippen LogP contribution in [0.1, 0.15) is 25.3 Å². The van der Waals surface area contributed by atoms with Crippen molar-refractivity contribution >= 4 is 45.6 Å². The molecule has 0 atom stereocenters. The fraction of sp³-hybridized carbons (Fsp3) is 0.318. The maximum atomic E-state index is 6.41. The smallest absolute Gasteiger partial charge is 0.166 e. The Labute approximate surface area is 174 Å². The van der Waals surface area contributed by atoms with Crippen molar-refractivity contribution in [2.45, 2.75) is 26.7 Å². The molecule has 4 heterocycles. The number of fused-ring (bicyclic) bond motifs is 3. The predicted molar refractivity (Wildman–Crippen MR) is 118 cm³/mol. The summed E-state index contributed by atoms with van der Waals surface area (Å²) in [6.45, 7) is 6.44. The van der Waals surface area contributed by atoms with E-state index in [2.05, 4.69) is 28.2 Å². The average Bonchev–Trinajstić information content (AvgIpc) is 3.22. The highest BCUT2D eigenvalue weighted by molar-refractivity contribution is 6.33. The predicted octanol–water partition coefficient (Wildman–Crippen LogP) is 5.22. The third-order valence-corrected chi connectivity index (χ3v) is 6.07. The van der Waals surface area contributed by atoms with Crippen molar-refractivity contribution in [3.63, 3.8) is 0 Å². The molecule has 7 heteroatoms. The van der Waals surface area contributed by atoms with Gasteiger partial charge in [0.2, 0.25) is 0 Å². The van der Waals surface area contributed by atoms with Gasteiger partial charge < -0.3 is 10.2 Å². The Morgan fingerprint density at radius 1 is 1.10 bits per heavy atom. The van der Waals surface area contributed by atoms with Gasteiger partial charge in [0.1, 0.15) is 23.2 Å². The molecule has 0 amide bonds. The number of anilines is 3. The van der Waals surface area contributed by atoms with E-state index in [0.717, 1.165) is 52.8 Å². The molecular formula is C22H23ClN6. The fourth-order valence-electron chi connectivity index (χ4n) is 3.93. The highest BCUT2D eigenvalue weighted by atomic mass is 35.5. The lowest BCUT2D eigenvalue weighted by Gasteiger charge is -2.31. The van der Waals surface area contributed by atoms with Gasteiger partial charge in [-0.25, -0.2) is 15.0 Å². The summed E-state index contributed by atoms with van der Waals surface area (Å²) in [6.07, 6.45) is 6.01. The highest BCUT2D eigenvalue weighted by Crippen LogP contribution is 2.31. The van der Waals surface area contributed by atoms with Gasteiger partial charge in [-0.15, -0.1) is 0 Å². The minimum Gasteiger partial charge on any atom is -0.357 e. The fourth-order valence-corrected chi connectivity index (χ4v) is 4.20. The first-order valence-electron chi connectivity index (χ1n) is 10.00. The van der Waals surface area contributed by atoms with Crippen molar-refractivity contribution in [1.82, 2.24) is 19.4 Å². The van der Waals surface area contributed by atoms with Crippen molar-refractivity contribution < 1.29 is 0 Å². The number of imidazole rings is 1. The number of pyridine rings is 1. The molecule has 0 radical (unpaired) electrons. The molecule has 5 rings (SSSR count). The molecule has 4 aromatic rings. The zero-order valence-corrected chi connectivity index (χ0v) is 17.3. The summed E-state index contributed by atoms with van der Waals surface area (Å²) >= 11 is 6.41. The molecule has 29 heavy (non-hydrogen) atoms. The molecule has 0 aliphatic carbocycles. The molecule has 148 valence electrons. The number of nitrogens with one attached hydrogen (secondary N) is 1. The molecule has 1 fully saturated rings. The highest BCUT2D eigenvalue weighted by Gasteiger charge is 2.19. The van der Waals surface area contributed by atoms with E-state index in [1.54, 1.807) is 12.5 Å². The molecule has 1 aliphatic rings. The van der Waals surface area contributed by atoms with Crippen LogP contribution < -0.4 is 10.2 Å². The van der Waals surface area contributed by atoms with Crippen LogP contribution in [0.15, 0.2) is 42.9 Å². The van der Waals surface area contributed by atoms with Crippen LogP contribution in [0, 0.1) is 12.8 Å². The van der Waals surface area contributed by atoms with Gasteiger partial charge in [-0.2, -0.15) is 0 Å². The number of para-hydroxylation sites is 1. The number of aromatic nitrogens is 4. The van der Waals surface area contributed by atoms with E-state index in [-0.39, 0.29) is 0 Å². The molecule has 1 saturated heterocycles. The van der Waals surface area contributed by atoms with Crippen molar-refractivity contribution in [1.29, 1.82) is 0 Å². The Bertz CT molecular complexity index is 1170. The normalized spacial score (nSPS) is 15.3. The van der Waals surface area contributed by atoms with E-state index >= 15 is 0 Å². The van der Waals surface area contributed by atoms with Crippen molar-refractivity contribution in [3.05, 3.63) is 53.4 Å². The van der Waals surface area contributed by atoms with Crippen LogP contribution in [0.3, 0.4) is 0 Å². The first kappa shape index (κ1) is 18.2. The zero-order valence-electron chi connectivity index (χ0n) is 16.6. The third-order valence-electron chi connectivity index (χ3n) is 5.75. The molecule has 1 aromatic carbocycles. The standard InChI is InChI=1S/C22H23ClN6/c1-14-8-10-28(11-9-14)19-7-6-17-22(26-19)29-13-24-12-18(29)21(25-17)27-20-15(2)4-3-5-16(20)23/h3-7,12-14H,8-11H2,1-2H3,(H,25,27). The summed E-state index contributed by atoms with van der Waals surface area (Å²) in [7, 11) is 0. The van der Waals surface area contributed by atoms with Gasteiger partial charge in [0.25, 0.3) is 0 Å².